The highest BCUT2D eigenvalue weighted by atomic mass is 19.4. The molecule has 11 heteroatoms. The molecule has 0 radical (unpaired) electrons. The molecule has 1 aromatic carbocycles. The van der Waals surface area contributed by atoms with Crippen LogP contribution in [0.5, 0.6) is 0 Å². The first-order valence-corrected chi connectivity index (χ1v) is 10.5. The molecule has 1 unspecified atom stereocenters. The van der Waals surface area contributed by atoms with Crippen molar-refractivity contribution in [2.75, 3.05) is 13.1 Å². The Bertz CT molecular complexity index is 1140. The summed E-state index contributed by atoms with van der Waals surface area (Å²) < 4.78 is 40.7. The van der Waals surface area contributed by atoms with Crippen LogP contribution in [-0.4, -0.2) is 51.0 Å². The fourth-order valence-electron chi connectivity index (χ4n) is 4.62. The van der Waals surface area contributed by atoms with E-state index in [1.165, 1.54) is 9.13 Å². The lowest BCUT2D eigenvalue weighted by Crippen LogP contribution is -2.45. The van der Waals surface area contributed by atoms with Crippen LogP contribution in [0.15, 0.2) is 23.0 Å². The number of fused-ring (bicyclic) bond motifs is 1. The van der Waals surface area contributed by atoms with Crippen LogP contribution in [-0.2, 0) is 27.9 Å². The average Bonchev–Trinajstić information content (AvgIpc) is 2.98. The largest absolute Gasteiger partial charge is 0.471 e. The Kier molecular flexibility index (Phi) is 5.59. The summed E-state index contributed by atoms with van der Waals surface area (Å²) in [4.78, 5) is 48.8. The fourth-order valence-corrected chi connectivity index (χ4v) is 4.62. The second kappa shape index (κ2) is 8.10. The van der Waals surface area contributed by atoms with Gasteiger partial charge in [-0.1, -0.05) is 6.07 Å². The van der Waals surface area contributed by atoms with Gasteiger partial charge in [0, 0.05) is 26.6 Å². The van der Waals surface area contributed by atoms with Gasteiger partial charge in [-0.05, 0) is 49.3 Å². The first-order chi connectivity index (χ1) is 15.1. The molecule has 0 saturated carbocycles. The summed E-state index contributed by atoms with van der Waals surface area (Å²) in [7, 11) is 1.61. The van der Waals surface area contributed by atoms with E-state index in [1.807, 2.05) is 12.1 Å². The molecule has 1 aromatic heterocycles. The Morgan fingerprint density at radius 1 is 1.09 bits per heavy atom. The number of nitrogens with one attached hydrogen (secondary N) is 1. The average molecular weight is 452 g/mol. The quantitative estimate of drug-likeness (QED) is 0.717. The molecule has 1 atom stereocenters. The molecule has 2 aromatic rings. The molecule has 32 heavy (non-hydrogen) atoms. The number of carbonyl (C=O) groups is 3. The number of hydrogen-bond donors (Lipinski definition) is 1. The van der Waals surface area contributed by atoms with E-state index in [0.717, 1.165) is 10.5 Å². The molecule has 2 fully saturated rings. The van der Waals surface area contributed by atoms with Crippen LogP contribution in [0.2, 0.25) is 0 Å². The molecule has 4 rings (SSSR count). The minimum Gasteiger partial charge on any atom is -0.335 e. The highest BCUT2D eigenvalue weighted by Gasteiger charge is 2.43. The number of halogens is 3. The minimum absolute atomic E-state index is 0.0651. The van der Waals surface area contributed by atoms with Crippen LogP contribution >= 0.6 is 0 Å². The van der Waals surface area contributed by atoms with Crippen LogP contribution in [0.25, 0.3) is 11.0 Å². The summed E-state index contributed by atoms with van der Waals surface area (Å²) in [5.41, 5.74) is 1.79. The third kappa shape index (κ3) is 4.03. The van der Waals surface area contributed by atoms with Crippen molar-refractivity contribution in [2.45, 2.75) is 44.3 Å². The van der Waals surface area contributed by atoms with Gasteiger partial charge in [0.1, 0.15) is 6.04 Å². The number of imidazole rings is 1. The number of hydrogen-bond acceptors (Lipinski definition) is 4. The zero-order valence-electron chi connectivity index (χ0n) is 17.4. The number of benzene rings is 1. The van der Waals surface area contributed by atoms with Crippen molar-refractivity contribution in [1.82, 2.24) is 19.4 Å². The smallest absolute Gasteiger partial charge is 0.335 e. The molecule has 1 N–H and O–H groups in total. The first kappa shape index (κ1) is 22.1. The lowest BCUT2D eigenvalue weighted by molar-refractivity contribution is -0.186. The van der Waals surface area contributed by atoms with Crippen molar-refractivity contribution < 1.29 is 27.6 Å². The highest BCUT2D eigenvalue weighted by molar-refractivity contribution is 6.00. The lowest BCUT2D eigenvalue weighted by atomic mass is 9.90. The van der Waals surface area contributed by atoms with E-state index in [-0.39, 0.29) is 43.4 Å². The Hall–Kier alpha value is -3.11. The van der Waals surface area contributed by atoms with Gasteiger partial charge in [0.05, 0.1) is 11.0 Å². The van der Waals surface area contributed by atoms with Gasteiger partial charge in [-0.3, -0.25) is 28.8 Å². The number of likely N-dealkylation sites (tertiary alicyclic amines) is 1. The molecule has 0 aliphatic carbocycles. The van der Waals surface area contributed by atoms with Gasteiger partial charge in [-0.15, -0.1) is 0 Å². The third-order valence-corrected chi connectivity index (χ3v) is 6.34. The van der Waals surface area contributed by atoms with Gasteiger partial charge in [-0.2, -0.15) is 13.2 Å². The van der Waals surface area contributed by atoms with Gasteiger partial charge < -0.3 is 4.90 Å². The van der Waals surface area contributed by atoms with E-state index in [9.17, 15) is 32.3 Å². The van der Waals surface area contributed by atoms with Gasteiger partial charge in [0.15, 0.2) is 0 Å². The third-order valence-electron chi connectivity index (χ3n) is 6.34. The van der Waals surface area contributed by atoms with Gasteiger partial charge >= 0.3 is 17.8 Å². The second-order valence-electron chi connectivity index (χ2n) is 8.44. The van der Waals surface area contributed by atoms with Crippen molar-refractivity contribution in [1.29, 1.82) is 0 Å². The van der Waals surface area contributed by atoms with Crippen LogP contribution in [0.3, 0.4) is 0 Å². The monoisotopic (exact) mass is 452 g/mol. The maximum absolute atomic E-state index is 12.8. The number of piperidine rings is 2. The molecular weight excluding hydrogens is 429 g/mol. The van der Waals surface area contributed by atoms with Crippen LogP contribution in [0.1, 0.15) is 37.3 Å². The molecule has 2 aliphatic heterocycles. The number of aryl methyl sites for hydroxylation is 1. The Morgan fingerprint density at radius 2 is 1.78 bits per heavy atom. The van der Waals surface area contributed by atoms with Gasteiger partial charge in [0.2, 0.25) is 11.8 Å². The first-order valence-electron chi connectivity index (χ1n) is 10.5. The van der Waals surface area contributed by atoms with Crippen molar-refractivity contribution >= 4 is 28.8 Å². The van der Waals surface area contributed by atoms with Gasteiger partial charge in [0.25, 0.3) is 0 Å². The van der Waals surface area contributed by atoms with Crippen LogP contribution in [0.4, 0.5) is 13.2 Å². The molecule has 3 heterocycles. The topological polar surface area (TPSA) is 93.4 Å². The molecule has 0 spiro atoms. The SMILES string of the molecule is Cn1c(=O)n(C2CCC(=O)NC2=O)c2ccc(CC3CCN(C(=O)C(F)(F)F)CC3)cc21. The fraction of sp³-hybridized carbons (Fsp3) is 0.524. The maximum Gasteiger partial charge on any atom is 0.471 e. The zero-order chi connectivity index (χ0) is 23.2. The predicted molar refractivity (Wildman–Crippen MR) is 108 cm³/mol. The number of aromatic nitrogens is 2. The molecular formula is C21H23F3N4O4. The number of rotatable bonds is 3. The summed E-state index contributed by atoms with van der Waals surface area (Å²) >= 11 is 0. The zero-order valence-corrected chi connectivity index (χ0v) is 17.4. The van der Waals surface area contributed by atoms with E-state index in [4.69, 9.17) is 0 Å². The molecule has 2 saturated heterocycles. The standard InChI is InChI=1S/C21H23F3N4O4/c1-26-16-11-13(10-12-6-8-27(9-7-12)19(31)21(22,23)24)2-3-14(16)28(20(26)32)15-4-5-17(29)25-18(15)30/h2-3,11-12,15H,4-10H2,1H3,(H,25,29,30). The normalized spacial score (nSPS) is 20.6. The van der Waals surface area contributed by atoms with E-state index in [1.54, 1.807) is 13.1 Å². The lowest BCUT2D eigenvalue weighted by Gasteiger charge is -2.32. The van der Waals surface area contributed by atoms with Crippen molar-refractivity contribution in [2.24, 2.45) is 13.0 Å². The van der Waals surface area contributed by atoms with Gasteiger partial charge in [-0.25, -0.2) is 4.79 Å². The number of carbonyl (C=O) groups excluding carboxylic acids is 3. The maximum atomic E-state index is 12.8. The Labute approximate surface area is 181 Å². The van der Waals surface area contributed by atoms with Crippen molar-refractivity contribution in [3.05, 3.63) is 34.2 Å². The molecule has 2 aliphatic rings. The summed E-state index contributed by atoms with van der Waals surface area (Å²) in [6.45, 7) is 0.130. The predicted octanol–water partition coefficient (Wildman–Crippen LogP) is 1.66. The van der Waals surface area contributed by atoms with Crippen molar-refractivity contribution in [3.8, 4) is 0 Å². The number of imide groups is 1. The van der Waals surface area contributed by atoms with Crippen molar-refractivity contribution in [3.63, 3.8) is 0 Å². The summed E-state index contributed by atoms with van der Waals surface area (Å²) in [6, 6.07) is 4.70. The van der Waals surface area contributed by atoms with E-state index >= 15 is 0 Å². The number of nitrogens with zero attached hydrogens (tertiary/aromatic N) is 3. The summed E-state index contributed by atoms with van der Waals surface area (Å²) in [6.07, 6.45) is -2.89. The molecule has 8 nitrogen and oxygen atoms in total. The number of alkyl halides is 3. The summed E-state index contributed by atoms with van der Waals surface area (Å²) in [5, 5.41) is 2.27. The van der Waals surface area contributed by atoms with Crippen LogP contribution < -0.4 is 11.0 Å². The molecule has 172 valence electrons. The number of amides is 3. The van der Waals surface area contributed by atoms with E-state index in [0.29, 0.717) is 30.3 Å². The summed E-state index contributed by atoms with van der Waals surface area (Å²) in [5.74, 6) is -2.52. The minimum atomic E-state index is -4.85. The van der Waals surface area contributed by atoms with Crippen LogP contribution in [0, 0.1) is 5.92 Å². The second-order valence-corrected chi connectivity index (χ2v) is 8.44. The molecule has 3 amide bonds. The van der Waals surface area contributed by atoms with E-state index in [2.05, 4.69) is 5.32 Å². The van der Waals surface area contributed by atoms with E-state index < -0.39 is 24.0 Å². The highest BCUT2D eigenvalue weighted by Crippen LogP contribution is 2.28. The Balaban J connectivity index is 1.51. The molecule has 0 bridgehead atoms. The Morgan fingerprint density at radius 3 is 2.41 bits per heavy atom.